The van der Waals surface area contributed by atoms with Crippen LogP contribution < -0.4 is 16.0 Å². The van der Waals surface area contributed by atoms with Gasteiger partial charge >= 0.3 is 12.2 Å². The van der Waals surface area contributed by atoms with Crippen LogP contribution in [0.15, 0.2) is 84.2 Å². The number of carbonyl (C=O) groups is 4. The van der Waals surface area contributed by atoms with Gasteiger partial charge in [-0.25, -0.2) is 14.6 Å². The van der Waals surface area contributed by atoms with Gasteiger partial charge in [0.2, 0.25) is 5.91 Å². The van der Waals surface area contributed by atoms with Gasteiger partial charge < -0.3 is 25.4 Å². The number of aryl methyl sites for hydroxylation is 1. The van der Waals surface area contributed by atoms with Gasteiger partial charge in [-0.2, -0.15) is 0 Å². The van der Waals surface area contributed by atoms with Gasteiger partial charge in [0.15, 0.2) is 5.78 Å². The molecule has 0 aliphatic carbocycles. The number of rotatable bonds is 16. The predicted molar refractivity (Wildman–Crippen MR) is 217 cm³/mol. The summed E-state index contributed by atoms with van der Waals surface area (Å²) in [5, 5.41) is 32.7. The highest BCUT2D eigenvalue weighted by Gasteiger charge is 2.27. The Morgan fingerprint density at radius 3 is 1.75 bits per heavy atom. The van der Waals surface area contributed by atoms with Crippen LogP contribution in [0.5, 0.6) is 0 Å². The van der Waals surface area contributed by atoms with E-state index < -0.39 is 45.8 Å². The van der Waals surface area contributed by atoms with E-state index >= 15 is 0 Å². The zero-order valence-electron chi connectivity index (χ0n) is 32.1. The van der Waals surface area contributed by atoms with Crippen LogP contribution >= 0.6 is 27.3 Å². The molecule has 1 aromatic heterocycles. The second kappa shape index (κ2) is 22.1. The number of nitro groups is 2. The Morgan fingerprint density at radius 1 is 0.772 bits per heavy atom. The van der Waals surface area contributed by atoms with Gasteiger partial charge in [0.1, 0.15) is 11.6 Å². The minimum Gasteiger partial charge on any atom is -0.453 e. The van der Waals surface area contributed by atoms with Crippen LogP contribution in [0, 0.1) is 20.2 Å². The summed E-state index contributed by atoms with van der Waals surface area (Å²) in [7, 11) is 1.24. The Morgan fingerprint density at radius 2 is 1.28 bits per heavy atom. The van der Waals surface area contributed by atoms with Crippen LogP contribution in [-0.4, -0.2) is 68.8 Å². The normalized spacial score (nSPS) is 12.4. The highest BCUT2D eigenvalue weighted by molar-refractivity contribution is 9.09. The average Bonchev–Trinajstić information content (AvgIpc) is 3.66. The number of methoxy groups -OCH3 is 1. The van der Waals surface area contributed by atoms with Gasteiger partial charge in [-0.15, -0.1) is 11.3 Å². The molecule has 3 aromatic carbocycles. The molecule has 3 atom stereocenters. The third kappa shape index (κ3) is 15.7. The lowest BCUT2D eigenvalue weighted by molar-refractivity contribution is -0.385. The van der Waals surface area contributed by atoms with Crippen LogP contribution in [0.2, 0.25) is 0 Å². The number of nitrogens with zero attached hydrogens (tertiary/aromatic N) is 3. The maximum atomic E-state index is 13.3. The summed E-state index contributed by atoms with van der Waals surface area (Å²) in [6.45, 7) is 7.18. The van der Waals surface area contributed by atoms with Crippen molar-refractivity contribution in [1.29, 1.82) is 0 Å². The minimum atomic E-state index is -0.863. The number of ketones is 1. The third-order valence-electron chi connectivity index (χ3n) is 8.01. The summed E-state index contributed by atoms with van der Waals surface area (Å²) >= 11 is 4.59. The summed E-state index contributed by atoms with van der Waals surface area (Å²) in [6, 6.07) is 19.3. The molecule has 0 saturated heterocycles. The van der Waals surface area contributed by atoms with Crippen molar-refractivity contribution in [2.24, 2.45) is 0 Å². The van der Waals surface area contributed by atoms with Gasteiger partial charge in [0, 0.05) is 36.1 Å². The first-order valence-electron chi connectivity index (χ1n) is 17.7. The standard InChI is InChI=1S/C24H26N4O5S.C15H19BrN2O5/c1-3-22-25-21(15-34-22)19(13-17-9-11-18(12-10-17)28(31)32)26-23(29)20(27-24(30)33-2)14-16-7-5-4-6-8-16;1-15(2,3)23-14(20)17-12(13(19)9-16)8-10-4-6-11(7-5-10)18(21)22/h4-12,15,19-20H,3,13-14H2,1-2H3,(H,26,29)(H,27,30);4-7,12H,8-9H2,1-3H3,(H,17,20)/t19-,20-;12-/m00/s1. The monoisotopic (exact) mass is 868 g/mol. The predicted octanol–water partition coefficient (Wildman–Crippen LogP) is 6.98. The van der Waals surface area contributed by atoms with E-state index in [1.54, 1.807) is 45.0 Å². The number of halogens is 1. The Kier molecular flexibility index (Phi) is 17.7. The second-order valence-electron chi connectivity index (χ2n) is 13.5. The number of alkyl carbamates (subject to hydrolysis) is 2. The van der Waals surface area contributed by atoms with E-state index in [1.165, 1.54) is 42.7 Å². The zero-order chi connectivity index (χ0) is 42.1. The van der Waals surface area contributed by atoms with Crippen LogP contribution in [0.4, 0.5) is 21.0 Å². The third-order valence-corrected chi connectivity index (χ3v) is 9.57. The van der Waals surface area contributed by atoms with E-state index in [2.05, 4.69) is 36.9 Å². The van der Waals surface area contributed by atoms with Crippen molar-refractivity contribution < 1.29 is 38.5 Å². The summed E-state index contributed by atoms with van der Waals surface area (Å²) in [5.41, 5.74) is 2.39. The molecular weight excluding hydrogens is 824 g/mol. The fourth-order valence-electron chi connectivity index (χ4n) is 5.18. The lowest BCUT2D eigenvalue weighted by Gasteiger charge is -2.23. The van der Waals surface area contributed by atoms with E-state index in [4.69, 9.17) is 9.47 Å². The Bertz CT molecular complexity index is 1970. The van der Waals surface area contributed by atoms with Crippen LogP contribution in [0.25, 0.3) is 0 Å². The number of alkyl halides is 1. The van der Waals surface area contributed by atoms with E-state index in [1.807, 2.05) is 42.6 Å². The van der Waals surface area contributed by atoms with Crippen LogP contribution in [0.1, 0.15) is 61.1 Å². The average molecular weight is 870 g/mol. The molecule has 0 aliphatic heterocycles. The maximum Gasteiger partial charge on any atom is 0.408 e. The summed E-state index contributed by atoms with van der Waals surface area (Å²) in [4.78, 5) is 74.3. The molecule has 0 radical (unpaired) electrons. The first-order valence-corrected chi connectivity index (χ1v) is 19.7. The van der Waals surface area contributed by atoms with Crippen molar-refractivity contribution in [3.8, 4) is 0 Å². The number of nitro benzene ring substituents is 2. The molecule has 3 amide bonds. The molecule has 4 aromatic rings. The molecule has 18 heteroatoms. The number of aromatic nitrogens is 1. The molecule has 0 unspecified atom stereocenters. The molecule has 4 rings (SSSR count). The summed E-state index contributed by atoms with van der Waals surface area (Å²) in [5.74, 6) is -0.596. The number of hydrogen-bond donors (Lipinski definition) is 3. The number of amides is 3. The molecule has 304 valence electrons. The molecule has 57 heavy (non-hydrogen) atoms. The van der Waals surface area contributed by atoms with E-state index in [0.717, 1.165) is 22.6 Å². The fourth-order valence-corrected chi connectivity index (χ4v) is 6.37. The molecule has 1 heterocycles. The SMILES string of the molecule is CC(C)(C)OC(=O)N[C@@H](Cc1ccc([N+](=O)[O-])cc1)C(=O)CBr.CCc1nc([C@H](Cc2ccc([N+](=O)[O-])cc2)NC(=O)[C@H](Cc2ccccc2)NC(=O)OC)cs1. The number of benzene rings is 3. The Balaban J connectivity index is 0.000000331. The lowest BCUT2D eigenvalue weighted by Crippen LogP contribution is -2.49. The van der Waals surface area contributed by atoms with Gasteiger partial charge in [-0.3, -0.25) is 29.8 Å². The molecule has 0 spiro atoms. The van der Waals surface area contributed by atoms with Crippen molar-refractivity contribution in [3.05, 3.63) is 132 Å². The molecule has 0 saturated carbocycles. The number of non-ortho nitro benzene ring substituents is 2. The van der Waals surface area contributed by atoms with Crippen molar-refractivity contribution in [2.75, 3.05) is 12.4 Å². The number of nitrogens with one attached hydrogen (secondary N) is 3. The fraction of sp³-hybridized carbons (Fsp3) is 0.359. The second-order valence-corrected chi connectivity index (χ2v) is 15.0. The largest absolute Gasteiger partial charge is 0.453 e. The van der Waals surface area contributed by atoms with Crippen LogP contribution in [-0.2, 0) is 44.7 Å². The van der Waals surface area contributed by atoms with Gasteiger partial charge in [0.05, 0.1) is 45.1 Å². The maximum absolute atomic E-state index is 13.3. The number of thiazole rings is 1. The highest BCUT2D eigenvalue weighted by Crippen LogP contribution is 2.23. The van der Waals surface area contributed by atoms with E-state index in [0.29, 0.717) is 17.7 Å². The molecule has 16 nitrogen and oxygen atoms in total. The lowest BCUT2D eigenvalue weighted by atomic mass is 10.0. The highest BCUT2D eigenvalue weighted by atomic mass is 79.9. The van der Waals surface area contributed by atoms with Gasteiger partial charge in [0.25, 0.3) is 11.4 Å². The van der Waals surface area contributed by atoms with E-state index in [-0.39, 0.29) is 41.2 Å². The van der Waals surface area contributed by atoms with Crippen molar-refractivity contribution in [3.63, 3.8) is 0 Å². The first-order chi connectivity index (χ1) is 27.0. The minimum absolute atomic E-state index is 0.00327. The number of Topliss-reactive ketones (excluding diaryl/α,β-unsaturated/α-hetero) is 1. The molecule has 0 bridgehead atoms. The van der Waals surface area contributed by atoms with Crippen molar-refractivity contribution in [2.45, 2.75) is 77.1 Å². The Labute approximate surface area is 342 Å². The molecular formula is C39H45BrN6O10S. The van der Waals surface area contributed by atoms with Gasteiger partial charge in [-0.1, -0.05) is 77.5 Å². The zero-order valence-corrected chi connectivity index (χ0v) is 34.5. The molecule has 0 fully saturated rings. The van der Waals surface area contributed by atoms with Crippen LogP contribution in [0.3, 0.4) is 0 Å². The van der Waals surface area contributed by atoms with Gasteiger partial charge in [-0.05, 0) is 56.7 Å². The topological polar surface area (TPSA) is 222 Å². The van der Waals surface area contributed by atoms with Crippen molar-refractivity contribution >= 4 is 62.5 Å². The van der Waals surface area contributed by atoms with E-state index in [9.17, 15) is 39.4 Å². The number of hydrogen-bond acceptors (Lipinski definition) is 12. The number of ether oxygens (including phenoxy) is 2. The Hall–Kier alpha value is -5.75. The summed E-state index contributed by atoms with van der Waals surface area (Å²) < 4.78 is 9.85. The van der Waals surface area contributed by atoms with Crippen molar-refractivity contribution in [1.82, 2.24) is 20.9 Å². The smallest absolute Gasteiger partial charge is 0.408 e. The molecule has 3 N–H and O–H groups in total. The number of carbonyl (C=O) groups excluding carboxylic acids is 4. The quantitative estimate of drug-likeness (QED) is 0.0592. The summed E-state index contributed by atoms with van der Waals surface area (Å²) in [6.07, 6.45) is 0.269. The molecule has 0 aliphatic rings. The first kappa shape index (κ1) is 45.6.